The van der Waals surface area contributed by atoms with Crippen molar-refractivity contribution in [2.24, 2.45) is 0 Å². The topological polar surface area (TPSA) is 20.2 Å². The second kappa shape index (κ2) is 9.61. The molecule has 0 saturated heterocycles. The predicted molar refractivity (Wildman–Crippen MR) is 83.0 cm³/mol. The number of rotatable bonds is 9. The molecule has 1 aromatic carbocycles. The lowest BCUT2D eigenvalue weighted by molar-refractivity contribution is 0.217. The molecule has 0 aromatic heterocycles. The SMILES string of the molecule is C=C=C(c1ccccc1)C(O)CCCCCCCC. The van der Waals surface area contributed by atoms with Crippen molar-refractivity contribution in [1.82, 2.24) is 0 Å². The van der Waals surface area contributed by atoms with Gasteiger partial charge in [-0.2, -0.15) is 0 Å². The summed E-state index contributed by atoms with van der Waals surface area (Å²) in [7, 11) is 0. The quantitative estimate of drug-likeness (QED) is 0.490. The zero-order valence-corrected chi connectivity index (χ0v) is 12.1. The van der Waals surface area contributed by atoms with Crippen LogP contribution in [0.4, 0.5) is 0 Å². The van der Waals surface area contributed by atoms with E-state index in [1.54, 1.807) is 0 Å². The van der Waals surface area contributed by atoms with Crippen molar-refractivity contribution in [3.63, 3.8) is 0 Å². The van der Waals surface area contributed by atoms with Crippen LogP contribution in [0.5, 0.6) is 0 Å². The van der Waals surface area contributed by atoms with Gasteiger partial charge in [0.2, 0.25) is 0 Å². The molecule has 0 bridgehead atoms. The van der Waals surface area contributed by atoms with Crippen molar-refractivity contribution in [1.29, 1.82) is 0 Å². The number of aliphatic hydroxyl groups excluding tert-OH is 1. The van der Waals surface area contributed by atoms with Crippen LogP contribution in [0.15, 0.2) is 42.6 Å². The minimum absolute atomic E-state index is 0.439. The van der Waals surface area contributed by atoms with E-state index in [1.807, 2.05) is 30.3 Å². The summed E-state index contributed by atoms with van der Waals surface area (Å²) in [4.78, 5) is 0. The molecule has 1 N–H and O–H groups in total. The standard InChI is InChI=1S/C18H26O/c1-3-5-6-7-8-12-15-18(19)17(4-2)16-13-10-9-11-14-16/h9-11,13-14,18-19H,2-3,5-8,12,15H2,1H3. The molecule has 0 fully saturated rings. The fourth-order valence-corrected chi connectivity index (χ4v) is 2.29. The maximum Gasteiger partial charge on any atom is 0.0867 e. The minimum atomic E-state index is -0.439. The van der Waals surface area contributed by atoms with Gasteiger partial charge in [-0.05, 0) is 12.0 Å². The van der Waals surface area contributed by atoms with Gasteiger partial charge in [-0.25, -0.2) is 0 Å². The summed E-state index contributed by atoms with van der Waals surface area (Å²) in [5, 5.41) is 10.2. The van der Waals surface area contributed by atoms with Crippen LogP contribution in [-0.2, 0) is 0 Å². The molecular weight excluding hydrogens is 232 g/mol. The largest absolute Gasteiger partial charge is 0.388 e. The van der Waals surface area contributed by atoms with Gasteiger partial charge in [-0.15, -0.1) is 5.73 Å². The molecule has 1 unspecified atom stereocenters. The molecule has 0 amide bonds. The van der Waals surface area contributed by atoms with Gasteiger partial charge in [0.1, 0.15) is 0 Å². The first-order chi connectivity index (χ1) is 9.29. The number of aliphatic hydroxyl groups is 1. The second-order valence-electron chi connectivity index (χ2n) is 5.03. The Kier molecular flexibility index (Phi) is 7.97. The first kappa shape index (κ1) is 15.8. The Hall–Kier alpha value is -1.30. The Morgan fingerprint density at radius 2 is 1.74 bits per heavy atom. The molecule has 1 aromatic rings. The Morgan fingerprint density at radius 3 is 2.37 bits per heavy atom. The average Bonchev–Trinajstić information content (AvgIpc) is 2.45. The molecule has 19 heavy (non-hydrogen) atoms. The number of unbranched alkanes of at least 4 members (excludes halogenated alkanes) is 5. The molecule has 1 atom stereocenters. The summed E-state index contributed by atoms with van der Waals surface area (Å²) in [6.07, 6.45) is 7.84. The molecule has 0 spiro atoms. The van der Waals surface area contributed by atoms with Crippen LogP contribution in [0.2, 0.25) is 0 Å². The van der Waals surface area contributed by atoms with Crippen molar-refractivity contribution in [2.45, 2.75) is 58.0 Å². The number of hydrogen-bond acceptors (Lipinski definition) is 1. The monoisotopic (exact) mass is 258 g/mol. The molecule has 0 aliphatic carbocycles. The summed E-state index contributed by atoms with van der Waals surface area (Å²) in [6, 6.07) is 9.93. The highest BCUT2D eigenvalue weighted by Crippen LogP contribution is 2.21. The van der Waals surface area contributed by atoms with Crippen LogP contribution in [0.3, 0.4) is 0 Å². The van der Waals surface area contributed by atoms with Gasteiger partial charge in [0, 0.05) is 5.57 Å². The molecular formula is C18H26O. The lowest BCUT2D eigenvalue weighted by Crippen LogP contribution is -2.08. The van der Waals surface area contributed by atoms with Gasteiger partial charge in [-0.3, -0.25) is 0 Å². The van der Waals surface area contributed by atoms with Gasteiger partial charge >= 0.3 is 0 Å². The highest BCUT2D eigenvalue weighted by molar-refractivity contribution is 5.67. The van der Waals surface area contributed by atoms with E-state index in [-0.39, 0.29) is 0 Å². The lowest BCUT2D eigenvalue weighted by atomic mass is 9.97. The van der Waals surface area contributed by atoms with Crippen molar-refractivity contribution >= 4 is 5.57 Å². The highest BCUT2D eigenvalue weighted by Gasteiger charge is 2.11. The zero-order chi connectivity index (χ0) is 13.9. The molecule has 0 saturated carbocycles. The maximum absolute atomic E-state index is 10.2. The van der Waals surface area contributed by atoms with Crippen LogP contribution in [0, 0.1) is 0 Å². The predicted octanol–water partition coefficient (Wildman–Crippen LogP) is 4.97. The summed E-state index contributed by atoms with van der Waals surface area (Å²) < 4.78 is 0. The zero-order valence-electron chi connectivity index (χ0n) is 12.1. The van der Waals surface area contributed by atoms with E-state index in [0.29, 0.717) is 0 Å². The maximum atomic E-state index is 10.2. The number of benzene rings is 1. The summed E-state index contributed by atoms with van der Waals surface area (Å²) in [5.74, 6) is 0. The Labute approximate surface area is 117 Å². The van der Waals surface area contributed by atoms with Gasteiger partial charge in [0.25, 0.3) is 0 Å². The van der Waals surface area contributed by atoms with Gasteiger partial charge in [0.05, 0.1) is 6.10 Å². The van der Waals surface area contributed by atoms with Crippen LogP contribution in [-0.4, -0.2) is 11.2 Å². The van der Waals surface area contributed by atoms with E-state index in [4.69, 9.17) is 0 Å². The molecule has 1 heteroatoms. The molecule has 1 rings (SSSR count). The van der Waals surface area contributed by atoms with E-state index in [2.05, 4.69) is 19.2 Å². The van der Waals surface area contributed by atoms with Crippen LogP contribution in [0.25, 0.3) is 5.57 Å². The first-order valence-electron chi connectivity index (χ1n) is 7.43. The molecule has 0 aliphatic heterocycles. The Balaban J connectivity index is 2.36. The third-order valence-electron chi connectivity index (χ3n) is 3.44. The van der Waals surface area contributed by atoms with Crippen LogP contribution < -0.4 is 0 Å². The molecule has 0 aliphatic rings. The van der Waals surface area contributed by atoms with Gasteiger partial charge in [0.15, 0.2) is 0 Å². The summed E-state index contributed by atoms with van der Waals surface area (Å²) in [5.41, 5.74) is 4.75. The van der Waals surface area contributed by atoms with Crippen molar-refractivity contribution in [3.05, 3.63) is 48.2 Å². The minimum Gasteiger partial charge on any atom is -0.388 e. The van der Waals surface area contributed by atoms with Gasteiger partial charge in [-0.1, -0.05) is 82.4 Å². The third kappa shape index (κ3) is 5.92. The van der Waals surface area contributed by atoms with E-state index in [0.717, 1.165) is 24.0 Å². The molecule has 1 nitrogen and oxygen atoms in total. The van der Waals surface area contributed by atoms with Crippen molar-refractivity contribution in [3.8, 4) is 0 Å². The third-order valence-corrected chi connectivity index (χ3v) is 3.44. The molecule has 0 radical (unpaired) electrons. The van der Waals surface area contributed by atoms with Crippen LogP contribution >= 0.6 is 0 Å². The summed E-state index contributed by atoms with van der Waals surface area (Å²) >= 11 is 0. The second-order valence-corrected chi connectivity index (χ2v) is 5.03. The fraction of sp³-hybridized carbons (Fsp3) is 0.500. The molecule has 0 heterocycles. The summed E-state index contributed by atoms with van der Waals surface area (Å²) in [6.45, 7) is 5.93. The number of hydrogen-bond donors (Lipinski definition) is 1. The normalized spacial score (nSPS) is 11.9. The van der Waals surface area contributed by atoms with Crippen molar-refractivity contribution < 1.29 is 5.11 Å². The van der Waals surface area contributed by atoms with Gasteiger partial charge < -0.3 is 5.11 Å². The van der Waals surface area contributed by atoms with Crippen LogP contribution in [0.1, 0.15) is 57.4 Å². The average molecular weight is 258 g/mol. The van der Waals surface area contributed by atoms with E-state index in [9.17, 15) is 5.11 Å². The van der Waals surface area contributed by atoms with E-state index < -0.39 is 6.10 Å². The van der Waals surface area contributed by atoms with E-state index >= 15 is 0 Å². The van der Waals surface area contributed by atoms with E-state index in [1.165, 1.54) is 32.1 Å². The van der Waals surface area contributed by atoms with Crippen molar-refractivity contribution in [2.75, 3.05) is 0 Å². The fourth-order valence-electron chi connectivity index (χ4n) is 2.29. The Bertz CT molecular complexity index is 387. The Morgan fingerprint density at radius 1 is 1.11 bits per heavy atom. The first-order valence-corrected chi connectivity index (χ1v) is 7.43. The highest BCUT2D eigenvalue weighted by atomic mass is 16.3. The molecule has 104 valence electrons. The lowest BCUT2D eigenvalue weighted by Gasteiger charge is -2.13. The smallest absolute Gasteiger partial charge is 0.0867 e.